The molecule has 4 heteroatoms. The van der Waals surface area contributed by atoms with Crippen LogP contribution >= 0.6 is 0 Å². The summed E-state index contributed by atoms with van der Waals surface area (Å²) in [5, 5.41) is 13.3. The van der Waals surface area contributed by atoms with Crippen LogP contribution in [0.4, 0.5) is 0 Å². The molecule has 3 unspecified atom stereocenters. The second-order valence-electron chi connectivity index (χ2n) is 5.97. The summed E-state index contributed by atoms with van der Waals surface area (Å²) >= 11 is 0. The Hall–Kier alpha value is -1.26. The maximum atomic E-state index is 9.94. The molecule has 2 N–H and O–H groups in total. The van der Waals surface area contributed by atoms with Crippen LogP contribution < -0.4 is 14.8 Å². The van der Waals surface area contributed by atoms with Crippen molar-refractivity contribution in [2.75, 3.05) is 26.8 Å². The van der Waals surface area contributed by atoms with Crippen LogP contribution in [0.15, 0.2) is 24.3 Å². The molecule has 0 radical (unpaired) electrons. The first-order valence-electron chi connectivity index (χ1n) is 7.84. The third kappa shape index (κ3) is 5.21. The number of hydrogen-bond donors (Lipinski definition) is 2. The molecule has 0 spiro atoms. The summed E-state index contributed by atoms with van der Waals surface area (Å²) in [7, 11) is 1.64. The minimum absolute atomic E-state index is 0.305. The van der Waals surface area contributed by atoms with Gasteiger partial charge in [-0.25, -0.2) is 0 Å². The minimum Gasteiger partial charge on any atom is -0.497 e. The van der Waals surface area contributed by atoms with Gasteiger partial charge in [0.15, 0.2) is 0 Å². The predicted octanol–water partition coefficient (Wildman–Crippen LogP) is 2.46. The normalized spacial score (nSPS) is 23.0. The van der Waals surface area contributed by atoms with Gasteiger partial charge in [-0.15, -0.1) is 0 Å². The molecule has 0 bridgehead atoms. The summed E-state index contributed by atoms with van der Waals surface area (Å²) in [6, 6.07) is 7.39. The number of rotatable bonds is 8. The maximum Gasteiger partial charge on any atom is 0.119 e. The van der Waals surface area contributed by atoms with E-state index in [1.165, 1.54) is 19.3 Å². The molecule has 0 aromatic heterocycles. The minimum atomic E-state index is -0.483. The van der Waals surface area contributed by atoms with Gasteiger partial charge in [0.25, 0.3) is 0 Å². The monoisotopic (exact) mass is 293 g/mol. The van der Waals surface area contributed by atoms with E-state index in [4.69, 9.17) is 9.47 Å². The van der Waals surface area contributed by atoms with Crippen LogP contribution in [0.3, 0.4) is 0 Å². The molecule has 1 saturated carbocycles. The maximum absolute atomic E-state index is 9.94. The molecule has 0 amide bonds. The lowest BCUT2D eigenvalue weighted by Gasteiger charge is -2.18. The SMILES string of the molecule is COc1ccc(OCC(O)CNCC2CCCC2C)cc1. The van der Waals surface area contributed by atoms with Gasteiger partial charge in [-0.05, 0) is 49.1 Å². The van der Waals surface area contributed by atoms with E-state index in [9.17, 15) is 5.11 Å². The number of nitrogens with one attached hydrogen (secondary N) is 1. The van der Waals surface area contributed by atoms with Gasteiger partial charge in [0, 0.05) is 6.54 Å². The van der Waals surface area contributed by atoms with Crippen LogP contribution in [0.2, 0.25) is 0 Å². The Bertz CT molecular complexity index is 407. The molecule has 1 aliphatic carbocycles. The van der Waals surface area contributed by atoms with E-state index in [0.717, 1.165) is 29.9 Å². The van der Waals surface area contributed by atoms with Gasteiger partial charge in [0.05, 0.1) is 7.11 Å². The summed E-state index contributed by atoms with van der Waals surface area (Å²) in [6.07, 6.45) is 3.52. The number of aliphatic hydroxyl groups excluding tert-OH is 1. The molecule has 21 heavy (non-hydrogen) atoms. The predicted molar refractivity (Wildman–Crippen MR) is 83.9 cm³/mol. The van der Waals surface area contributed by atoms with E-state index in [-0.39, 0.29) is 0 Å². The van der Waals surface area contributed by atoms with Gasteiger partial charge >= 0.3 is 0 Å². The van der Waals surface area contributed by atoms with Crippen LogP contribution in [0.5, 0.6) is 11.5 Å². The fourth-order valence-corrected chi connectivity index (χ4v) is 2.88. The van der Waals surface area contributed by atoms with Crippen LogP contribution in [-0.2, 0) is 0 Å². The lowest BCUT2D eigenvalue weighted by molar-refractivity contribution is 0.105. The van der Waals surface area contributed by atoms with Crippen molar-refractivity contribution in [1.82, 2.24) is 5.32 Å². The second-order valence-corrected chi connectivity index (χ2v) is 5.97. The van der Waals surface area contributed by atoms with Crippen molar-refractivity contribution in [1.29, 1.82) is 0 Å². The Balaban J connectivity index is 1.61. The van der Waals surface area contributed by atoms with E-state index < -0.39 is 6.10 Å². The molecule has 0 saturated heterocycles. The van der Waals surface area contributed by atoms with Crippen LogP contribution in [0.25, 0.3) is 0 Å². The molecule has 3 atom stereocenters. The van der Waals surface area contributed by atoms with Gasteiger partial charge in [0.1, 0.15) is 24.2 Å². The van der Waals surface area contributed by atoms with E-state index in [1.807, 2.05) is 24.3 Å². The van der Waals surface area contributed by atoms with Crippen LogP contribution in [-0.4, -0.2) is 38.0 Å². The molecular weight excluding hydrogens is 266 g/mol. The Morgan fingerprint density at radius 1 is 1.24 bits per heavy atom. The first-order chi connectivity index (χ1) is 10.2. The van der Waals surface area contributed by atoms with E-state index >= 15 is 0 Å². The molecular formula is C17H27NO3. The van der Waals surface area contributed by atoms with Crippen molar-refractivity contribution in [3.05, 3.63) is 24.3 Å². The number of methoxy groups -OCH3 is 1. The Labute approximate surface area is 127 Å². The summed E-state index contributed by atoms with van der Waals surface area (Å²) in [6.45, 7) is 4.21. The fraction of sp³-hybridized carbons (Fsp3) is 0.647. The topological polar surface area (TPSA) is 50.7 Å². The zero-order valence-electron chi connectivity index (χ0n) is 13.0. The first-order valence-corrected chi connectivity index (χ1v) is 7.84. The first kappa shape index (κ1) is 16.1. The Morgan fingerprint density at radius 3 is 2.57 bits per heavy atom. The number of hydrogen-bond acceptors (Lipinski definition) is 4. The molecule has 1 aliphatic rings. The molecule has 1 aromatic carbocycles. The van der Waals surface area contributed by atoms with Gasteiger partial charge in [-0.3, -0.25) is 0 Å². The van der Waals surface area contributed by atoms with Crippen LogP contribution in [0, 0.1) is 11.8 Å². The molecule has 1 aromatic rings. The van der Waals surface area contributed by atoms with Crippen molar-refractivity contribution < 1.29 is 14.6 Å². The Kier molecular flexibility index (Phi) is 6.33. The van der Waals surface area contributed by atoms with Crippen molar-refractivity contribution in [2.45, 2.75) is 32.3 Å². The molecule has 2 rings (SSSR count). The number of benzene rings is 1. The van der Waals surface area contributed by atoms with Gasteiger partial charge in [-0.1, -0.05) is 19.8 Å². The lowest BCUT2D eigenvalue weighted by Crippen LogP contribution is -2.34. The highest BCUT2D eigenvalue weighted by atomic mass is 16.5. The zero-order valence-corrected chi connectivity index (χ0v) is 13.0. The highest BCUT2D eigenvalue weighted by molar-refractivity contribution is 5.31. The molecule has 1 fully saturated rings. The van der Waals surface area contributed by atoms with Crippen molar-refractivity contribution in [2.24, 2.45) is 11.8 Å². The summed E-state index contributed by atoms with van der Waals surface area (Å²) in [5.41, 5.74) is 0. The average molecular weight is 293 g/mol. The molecule has 0 aliphatic heterocycles. The van der Waals surface area contributed by atoms with Crippen LogP contribution in [0.1, 0.15) is 26.2 Å². The smallest absolute Gasteiger partial charge is 0.119 e. The van der Waals surface area contributed by atoms with Gasteiger partial charge < -0.3 is 19.9 Å². The quantitative estimate of drug-likeness (QED) is 0.773. The summed E-state index contributed by atoms with van der Waals surface area (Å²) in [4.78, 5) is 0. The van der Waals surface area contributed by atoms with Crippen molar-refractivity contribution in [3.63, 3.8) is 0 Å². The fourth-order valence-electron chi connectivity index (χ4n) is 2.88. The molecule has 4 nitrogen and oxygen atoms in total. The Morgan fingerprint density at radius 2 is 1.95 bits per heavy atom. The third-order valence-corrected chi connectivity index (χ3v) is 4.33. The number of ether oxygens (including phenoxy) is 2. The van der Waals surface area contributed by atoms with Crippen molar-refractivity contribution >= 4 is 0 Å². The van der Waals surface area contributed by atoms with Crippen molar-refractivity contribution in [3.8, 4) is 11.5 Å². The highest BCUT2D eigenvalue weighted by Crippen LogP contribution is 2.30. The zero-order chi connectivity index (χ0) is 15.1. The second kappa shape index (κ2) is 8.25. The summed E-state index contributed by atoms with van der Waals surface area (Å²) < 4.78 is 10.7. The number of aliphatic hydroxyl groups is 1. The van der Waals surface area contributed by atoms with Gasteiger partial charge in [0.2, 0.25) is 0 Å². The summed E-state index contributed by atoms with van der Waals surface area (Å²) in [5.74, 6) is 3.12. The third-order valence-electron chi connectivity index (χ3n) is 4.33. The lowest BCUT2D eigenvalue weighted by atomic mass is 9.98. The standard InChI is InChI=1S/C17H27NO3/c1-13-4-3-5-14(13)10-18-11-15(19)12-21-17-8-6-16(20-2)7-9-17/h6-9,13-15,18-19H,3-5,10-12H2,1-2H3. The van der Waals surface area contributed by atoms with Gasteiger partial charge in [-0.2, -0.15) is 0 Å². The highest BCUT2D eigenvalue weighted by Gasteiger charge is 2.22. The average Bonchev–Trinajstić information content (AvgIpc) is 2.91. The van der Waals surface area contributed by atoms with E-state index in [1.54, 1.807) is 7.11 Å². The largest absolute Gasteiger partial charge is 0.497 e. The van der Waals surface area contributed by atoms with E-state index in [2.05, 4.69) is 12.2 Å². The van der Waals surface area contributed by atoms with E-state index in [0.29, 0.717) is 13.2 Å². The molecule has 118 valence electrons. The molecule has 0 heterocycles.